The van der Waals surface area contributed by atoms with E-state index in [0.29, 0.717) is 11.4 Å². The minimum Gasteiger partial charge on any atom is -0.351 e. The summed E-state index contributed by atoms with van der Waals surface area (Å²) < 4.78 is 26.9. The van der Waals surface area contributed by atoms with E-state index in [2.05, 4.69) is 10.5 Å². The number of aryl methyl sites for hydroxylation is 1. The van der Waals surface area contributed by atoms with Crippen LogP contribution in [0.25, 0.3) is 0 Å². The highest BCUT2D eigenvalue weighted by Gasteiger charge is 2.12. The van der Waals surface area contributed by atoms with Gasteiger partial charge in [-0.1, -0.05) is 5.16 Å². The van der Waals surface area contributed by atoms with Crippen molar-refractivity contribution in [2.24, 2.45) is 5.14 Å². The van der Waals surface area contributed by atoms with Gasteiger partial charge >= 0.3 is 0 Å². The van der Waals surface area contributed by atoms with Crippen molar-refractivity contribution in [2.45, 2.75) is 11.8 Å². The number of carbonyl (C=O) groups excluding carboxylic acids is 1. The summed E-state index contributed by atoms with van der Waals surface area (Å²) in [5.74, 6) is -0.392. The third kappa shape index (κ3) is 3.18. The van der Waals surface area contributed by atoms with Gasteiger partial charge in [0.2, 0.25) is 15.8 Å². The third-order valence-electron chi connectivity index (χ3n) is 2.29. The third-order valence-corrected chi connectivity index (χ3v) is 3.22. The zero-order valence-electron chi connectivity index (χ0n) is 9.95. The van der Waals surface area contributed by atoms with Crippen molar-refractivity contribution < 1.29 is 17.7 Å². The second-order valence-electron chi connectivity index (χ2n) is 3.86. The summed E-state index contributed by atoms with van der Waals surface area (Å²) in [6.45, 7) is 1.70. The van der Waals surface area contributed by atoms with E-state index in [-0.39, 0.29) is 10.7 Å². The largest absolute Gasteiger partial charge is 0.351 e. The van der Waals surface area contributed by atoms with Crippen LogP contribution in [0.4, 0.5) is 5.69 Å². The molecule has 0 aliphatic carbocycles. The van der Waals surface area contributed by atoms with Crippen molar-refractivity contribution in [3.8, 4) is 0 Å². The fourth-order valence-corrected chi connectivity index (χ4v) is 1.91. The van der Waals surface area contributed by atoms with Gasteiger partial charge in [0.25, 0.3) is 5.91 Å². The highest BCUT2D eigenvalue weighted by atomic mass is 32.2. The van der Waals surface area contributed by atoms with E-state index < -0.39 is 15.9 Å². The lowest BCUT2D eigenvalue weighted by Gasteiger charge is -2.03. The van der Waals surface area contributed by atoms with Gasteiger partial charge in [-0.05, 0) is 31.2 Å². The lowest BCUT2D eigenvalue weighted by molar-refractivity contribution is 0.0988. The van der Waals surface area contributed by atoms with Crippen LogP contribution >= 0.6 is 0 Å². The van der Waals surface area contributed by atoms with E-state index in [9.17, 15) is 13.2 Å². The molecule has 0 aliphatic rings. The van der Waals surface area contributed by atoms with Crippen LogP contribution in [-0.4, -0.2) is 19.5 Å². The molecule has 0 aliphatic heterocycles. The standard InChI is InChI=1S/C11H11N3O4S/c1-7-6-10(18-14-7)11(15)13-8-2-4-9(5-3-8)19(12,16)17/h2-6H,1H3,(H,13,15)(H2,12,16,17). The first-order valence-corrected chi connectivity index (χ1v) is 6.78. The maximum Gasteiger partial charge on any atom is 0.294 e. The summed E-state index contributed by atoms with van der Waals surface area (Å²) >= 11 is 0. The van der Waals surface area contributed by atoms with Crippen molar-refractivity contribution in [3.63, 3.8) is 0 Å². The Kier molecular flexibility index (Phi) is 3.36. The molecule has 1 aromatic carbocycles. The number of sulfonamides is 1. The van der Waals surface area contributed by atoms with E-state index >= 15 is 0 Å². The molecule has 1 heterocycles. The number of nitrogens with two attached hydrogens (primary N) is 1. The number of hydrogen-bond acceptors (Lipinski definition) is 5. The number of anilines is 1. The Morgan fingerprint density at radius 3 is 2.42 bits per heavy atom. The Balaban J connectivity index is 2.14. The summed E-state index contributed by atoms with van der Waals surface area (Å²) in [6.07, 6.45) is 0. The predicted molar refractivity (Wildman–Crippen MR) is 67.0 cm³/mol. The van der Waals surface area contributed by atoms with E-state index in [0.717, 1.165) is 0 Å². The Morgan fingerprint density at radius 2 is 1.95 bits per heavy atom. The number of hydrogen-bond donors (Lipinski definition) is 2. The van der Waals surface area contributed by atoms with Crippen molar-refractivity contribution in [1.82, 2.24) is 5.16 Å². The van der Waals surface area contributed by atoms with Crippen LogP contribution in [0.5, 0.6) is 0 Å². The quantitative estimate of drug-likeness (QED) is 0.866. The fraction of sp³-hybridized carbons (Fsp3) is 0.0909. The number of primary sulfonamides is 1. The van der Waals surface area contributed by atoms with Gasteiger partial charge in [-0.25, -0.2) is 13.6 Å². The SMILES string of the molecule is Cc1cc(C(=O)Nc2ccc(S(N)(=O)=O)cc2)on1. The second kappa shape index (κ2) is 4.82. The first-order valence-electron chi connectivity index (χ1n) is 5.24. The smallest absolute Gasteiger partial charge is 0.294 e. The maximum absolute atomic E-state index is 11.7. The highest BCUT2D eigenvalue weighted by Crippen LogP contribution is 2.14. The molecule has 100 valence electrons. The summed E-state index contributed by atoms with van der Waals surface area (Å²) in [5, 5.41) is 11.1. The fourth-order valence-electron chi connectivity index (χ4n) is 1.39. The second-order valence-corrected chi connectivity index (χ2v) is 5.42. The molecule has 0 fully saturated rings. The maximum atomic E-state index is 11.7. The lowest BCUT2D eigenvalue weighted by Crippen LogP contribution is -2.13. The molecule has 19 heavy (non-hydrogen) atoms. The molecule has 1 aromatic heterocycles. The zero-order chi connectivity index (χ0) is 14.0. The molecule has 3 N–H and O–H groups in total. The van der Waals surface area contributed by atoms with Crippen LogP contribution in [0.1, 0.15) is 16.2 Å². The number of carbonyl (C=O) groups is 1. The van der Waals surface area contributed by atoms with E-state index in [1.165, 1.54) is 30.3 Å². The summed E-state index contributed by atoms with van der Waals surface area (Å²) in [5.41, 5.74) is 1.01. The first-order chi connectivity index (χ1) is 8.86. The molecule has 2 aromatic rings. The monoisotopic (exact) mass is 281 g/mol. The van der Waals surface area contributed by atoms with Gasteiger partial charge in [0.05, 0.1) is 10.6 Å². The number of nitrogens with zero attached hydrogens (tertiary/aromatic N) is 1. The topological polar surface area (TPSA) is 115 Å². The molecule has 1 amide bonds. The van der Waals surface area contributed by atoms with Crippen LogP contribution in [0.15, 0.2) is 39.8 Å². The lowest BCUT2D eigenvalue weighted by atomic mass is 10.3. The van der Waals surface area contributed by atoms with Gasteiger partial charge < -0.3 is 9.84 Å². The van der Waals surface area contributed by atoms with E-state index in [4.69, 9.17) is 9.66 Å². The van der Waals surface area contributed by atoms with Crippen molar-refractivity contribution in [2.75, 3.05) is 5.32 Å². The Morgan fingerprint density at radius 1 is 1.32 bits per heavy atom. The molecule has 0 bridgehead atoms. The van der Waals surface area contributed by atoms with Crippen molar-refractivity contribution >= 4 is 21.6 Å². The van der Waals surface area contributed by atoms with Gasteiger partial charge in [-0.2, -0.15) is 0 Å². The van der Waals surface area contributed by atoms with Crippen LogP contribution in [0, 0.1) is 6.92 Å². The van der Waals surface area contributed by atoms with Crippen LogP contribution < -0.4 is 10.5 Å². The predicted octanol–water partition coefficient (Wildman–Crippen LogP) is 0.883. The molecular formula is C11H11N3O4S. The van der Waals surface area contributed by atoms with Gasteiger partial charge in [0.1, 0.15) is 0 Å². The van der Waals surface area contributed by atoms with Crippen LogP contribution in [-0.2, 0) is 10.0 Å². The molecular weight excluding hydrogens is 270 g/mol. The normalized spacial score (nSPS) is 11.3. The van der Waals surface area contributed by atoms with E-state index in [1.807, 2.05) is 0 Å². The molecule has 7 nitrogen and oxygen atoms in total. The first kappa shape index (κ1) is 13.2. The van der Waals surface area contributed by atoms with Crippen LogP contribution in [0.3, 0.4) is 0 Å². The highest BCUT2D eigenvalue weighted by molar-refractivity contribution is 7.89. The number of rotatable bonds is 3. The molecule has 2 rings (SSSR count). The Labute approximate surface area is 109 Å². The Bertz CT molecular complexity index is 704. The molecule has 0 unspecified atom stereocenters. The minimum absolute atomic E-state index is 0.0268. The number of amides is 1. The summed E-state index contributed by atoms with van der Waals surface area (Å²) in [4.78, 5) is 11.7. The number of nitrogens with one attached hydrogen (secondary N) is 1. The minimum atomic E-state index is -3.74. The summed E-state index contributed by atoms with van der Waals surface area (Å²) in [7, 11) is -3.74. The molecule has 0 spiro atoms. The van der Waals surface area contributed by atoms with Crippen molar-refractivity contribution in [3.05, 3.63) is 41.8 Å². The number of benzene rings is 1. The molecule has 0 saturated carbocycles. The van der Waals surface area contributed by atoms with Crippen molar-refractivity contribution in [1.29, 1.82) is 0 Å². The van der Waals surface area contributed by atoms with Gasteiger partial charge in [0.15, 0.2) is 0 Å². The molecule has 0 atom stereocenters. The molecule has 8 heteroatoms. The average Bonchev–Trinajstić information content (AvgIpc) is 2.75. The average molecular weight is 281 g/mol. The Hall–Kier alpha value is -2.19. The van der Waals surface area contributed by atoms with Crippen LogP contribution in [0.2, 0.25) is 0 Å². The van der Waals surface area contributed by atoms with Gasteiger partial charge in [0, 0.05) is 11.8 Å². The molecule has 0 saturated heterocycles. The zero-order valence-corrected chi connectivity index (χ0v) is 10.8. The number of aromatic nitrogens is 1. The summed E-state index contributed by atoms with van der Waals surface area (Å²) in [6, 6.07) is 6.96. The van der Waals surface area contributed by atoms with Gasteiger partial charge in [-0.15, -0.1) is 0 Å². The van der Waals surface area contributed by atoms with Gasteiger partial charge in [-0.3, -0.25) is 4.79 Å². The van der Waals surface area contributed by atoms with E-state index in [1.54, 1.807) is 6.92 Å². The molecule has 0 radical (unpaired) electrons.